The molecule has 6 nitrogen and oxygen atoms in total. The van der Waals surface area contributed by atoms with Crippen LogP contribution in [-0.2, 0) is 20.6 Å². The Morgan fingerprint density at radius 3 is 2.57 bits per heavy atom. The average molecular weight is 338 g/mol. The number of hydrogen-bond donors (Lipinski definition) is 1. The molecule has 126 valence electrons. The Labute approximate surface area is 142 Å². The molecule has 2 heterocycles. The number of aryl methyl sites for hydroxylation is 3. The quantitative estimate of drug-likeness (QED) is 0.932. The zero-order valence-electron chi connectivity index (χ0n) is 14.5. The maximum absolute atomic E-state index is 12.4. The van der Waals surface area contributed by atoms with E-state index in [0.29, 0.717) is 11.6 Å². The largest absolute Gasteiger partial charge is 0.351 e. The Hall–Kier alpha value is -1.95. The first-order chi connectivity index (χ1) is 10.7. The Bertz CT molecular complexity index is 718. The van der Waals surface area contributed by atoms with Crippen LogP contribution in [0.1, 0.15) is 35.6 Å². The highest BCUT2D eigenvalue weighted by atomic mass is 35.5. The van der Waals surface area contributed by atoms with Crippen LogP contribution >= 0.6 is 11.6 Å². The first-order valence-electron chi connectivity index (χ1n) is 7.53. The second kappa shape index (κ2) is 6.66. The summed E-state index contributed by atoms with van der Waals surface area (Å²) in [5.41, 5.74) is 4.05. The topological polar surface area (TPSA) is 55.1 Å². The summed E-state index contributed by atoms with van der Waals surface area (Å²) in [6.45, 7) is 6.43. The standard InChI is InChI=1S/C16H24ClN5O/c1-10(15-11(2)19-22(6)12(15)3)18-16(23)21(5)9-14-7-13(17)8-20(14)4/h7-8,10H,9H2,1-6H3,(H,18,23). The van der Waals surface area contributed by atoms with Crippen molar-refractivity contribution in [3.8, 4) is 0 Å². The molecule has 0 aliphatic carbocycles. The molecule has 0 aliphatic heterocycles. The number of amides is 2. The highest BCUT2D eigenvalue weighted by Gasteiger charge is 2.20. The molecule has 2 aromatic rings. The van der Waals surface area contributed by atoms with E-state index in [4.69, 9.17) is 11.6 Å². The summed E-state index contributed by atoms with van der Waals surface area (Å²) in [6.07, 6.45) is 1.83. The third-order valence-corrected chi connectivity index (χ3v) is 4.37. The maximum Gasteiger partial charge on any atom is 0.317 e. The van der Waals surface area contributed by atoms with Crippen molar-refractivity contribution in [3.05, 3.63) is 39.9 Å². The van der Waals surface area contributed by atoms with Gasteiger partial charge in [0, 0.05) is 44.3 Å². The van der Waals surface area contributed by atoms with Crippen molar-refractivity contribution in [3.63, 3.8) is 0 Å². The van der Waals surface area contributed by atoms with Crippen molar-refractivity contribution < 1.29 is 4.79 Å². The van der Waals surface area contributed by atoms with Gasteiger partial charge >= 0.3 is 6.03 Å². The minimum Gasteiger partial charge on any atom is -0.351 e. The number of rotatable bonds is 4. The number of carbonyl (C=O) groups excluding carboxylic acids is 1. The highest BCUT2D eigenvalue weighted by Crippen LogP contribution is 2.21. The fraction of sp³-hybridized carbons (Fsp3) is 0.500. The summed E-state index contributed by atoms with van der Waals surface area (Å²) in [7, 11) is 5.59. The molecule has 2 rings (SSSR count). The first-order valence-corrected chi connectivity index (χ1v) is 7.91. The Balaban J connectivity index is 2.04. The molecule has 1 N–H and O–H groups in total. The van der Waals surface area contributed by atoms with Crippen LogP contribution in [0.3, 0.4) is 0 Å². The minimum absolute atomic E-state index is 0.101. The molecule has 2 aromatic heterocycles. The van der Waals surface area contributed by atoms with Crippen LogP contribution in [0, 0.1) is 13.8 Å². The van der Waals surface area contributed by atoms with E-state index >= 15 is 0 Å². The lowest BCUT2D eigenvalue weighted by Crippen LogP contribution is -2.38. The summed E-state index contributed by atoms with van der Waals surface area (Å²) in [5, 5.41) is 8.10. The summed E-state index contributed by atoms with van der Waals surface area (Å²) in [4.78, 5) is 14.1. The van der Waals surface area contributed by atoms with Gasteiger partial charge in [0.15, 0.2) is 0 Å². The Morgan fingerprint density at radius 1 is 1.43 bits per heavy atom. The molecular weight excluding hydrogens is 314 g/mol. The number of aromatic nitrogens is 3. The molecule has 2 amide bonds. The third kappa shape index (κ3) is 3.69. The highest BCUT2D eigenvalue weighted by molar-refractivity contribution is 6.30. The average Bonchev–Trinajstić information content (AvgIpc) is 2.88. The van der Waals surface area contributed by atoms with Gasteiger partial charge in [0.1, 0.15) is 0 Å². The van der Waals surface area contributed by atoms with Crippen LogP contribution in [0.15, 0.2) is 12.3 Å². The Morgan fingerprint density at radius 2 is 2.09 bits per heavy atom. The third-order valence-electron chi connectivity index (χ3n) is 4.16. The van der Waals surface area contributed by atoms with Crippen molar-refractivity contribution in [2.75, 3.05) is 7.05 Å². The summed E-state index contributed by atoms with van der Waals surface area (Å²) < 4.78 is 3.76. The normalized spacial score (nSPS) is 12.3. The van der Waals surface area contributed by atoms with Gasteiger partial charge in [0.25, 0.3) is 0 Å². The van der Waals surface area contributed by atoms with E-state index < -0.39 is 0 Å². The van der Waals surface area contributed by atoms with Crippen LogP contribution < -0.4 is 5.32 Å². The van der Waals surface area contributed by atoms with E-state index in [1.54, 1.807) is 11.9 Å². The molecule has 0 saturated heterocycles. The molecular formula is C16H24ClN5O. The van der Waals surface area contributed by atoms with Gasteiger partial charge < -0.3 is 14.8 Å². The SMILES string of the molecule is Cc1nn(C)c(C)c1C(C)NC(=O)N(C)Cc1cc(Cl)cn1C. The van der Waals surface area contributed by atoms with E-state index in [9.17, 15) is 4.79 Å². The van der Waals surface area contributed by atoms with Gasteiger partial charge in [-0.25, -0.2) is 4.79 Å². The summed E-state index contributed by atoms with van der Waals surface area (Å²) in [5.74, 6) is 0. The number of carbonyl (C=O) groups is 1. The van der Waals surface area contributed by atoms with Gasteiger partial charge in [-0.15, -0.1) is 0 Å². The Kier molecular flexibility index (Phi) is 5.04. The van der Waals surface area contributed by atoms with Crippen molar-refractivity contribution in [1.82, 2.24) is 24.6 Å². The summed E-state index contributed by atoms with van der Waals surface area (Å²) in [6, 6.07) is 1.64. The second-order valence-electron chi connectivity index (χ2n) is 6.00. The number of halogens is 1. The summed E-state index contributed by atoms with van der Waals surface area (Å²) >= 11 is 5.98. The molecule has 0 radical (unpaired) electrons. The maximum atomic E-state index is 12.4. The predicted octanol–water partition coefficient (Wildman–Crippen LogP) is 2.93. The van der Waals surface area contributed by atoms with Crippen LogP contribution in [0.5, 0.6) is 0 Å². The molecule has 7 heteroatoms. The van der Waals surface area contributed by atoms with Crippen molar-refractivity contribution >= 4 is 17.6 Å². The molecule has 1 atom stereocenters. The monoisotopic (exact) mass is 337 g/mol. The van der Waals surface area contributed by atoms with E-state index in [-0.39, 0.29) is 12.1 Å². The van der Waals surface area contributed by atoms with Gasteiger partial charge in [-0.05, 0) is 26.8 Å². The molecule has 0 aromatic carbocycles. The van der Waals surface area contributed by atoms with Gasteiger partial charge in [-0.1, -0.05) is 11.6 Å². The van der Waals surface area contributed by atoms with Gasteiger partial charge in [0.2, 0.25) is 0 Å². The number of nitrogens with one attached hydrogen (secondary N) is 1. The number of urea groups is 1. The minimum atomic E-state index is -0.127. The predicted molar refractivity (Wildman–Crippen MR) is 91.5 cm³/mol. The second-order valence-corrected chi connectivity index (χ2v) is 6.43. The molecule has 23 heavy (non-hydrogen) atoms. The molecule has 0 spiro atoms. The van der Waals surface area contributed by atoms with Crippen molar-refractivity contribution in [2.45, 2.75) is 33.4 Å². The lowest BCUT2D eigenvalue weighted by molar-refractivity contribution is 0.202. The lowest BCUT2D eigenvalue weighted by atomic mass is 10.1. The van der Waals surface area contributed by atoms with E-state index in [0.717, 1.165) is 22.6 Å². The van der Waals surface area contributed by atoms with E-state index in [2.05, 4.69) is 10.4 Å². The fourth-order valence-electron chi connectivity index (χ4n) is 2.82. The smallest absolute Gasteiger partial charge is 0.317 e. The zero-order chi connectivity index (χ0) is 17.3. The molecule has 0 bridgehead atoms. The van der Waals surface area contributed by atoms with E-state index in [1.165, 1.54) is 0 Å². The molecule has 0 saturated carbocycles. The first kappa shape index (κ1) is 17.4. The number of hydrogen-bond acceptors (Lipinski definition) is 2. The number of nitrogens with zero attached hydrogens (tertiary/aromatic N) is 4. The van der Waals surface area contributed by atoms with Gasteiger partial charge in [0.05, 0.1) is 23.3 Å². The van der Waals surface area contributed by atoms with Crippen molar-refractivity contribution in [1.29, 1.82) is 0 Å². The van der Waals surface area contributed by atoms with Crippen molar-refractivity contribution in [2.24, 2.45) is 14.1 Å². The van der Waals surface area contributed by atoms with Crippen LogP contribution in [0.25, 0.3) is 0 Å². The van der Waals surface area contributed by atoms with Crippen LogP contribution in [0.2, 0.25) is 5.02 Å². The van der Waals surface area contributed by atoms with Crippen LogP contribution in [-0.4, -0.2) is 32.3 Å². The van der Waals surface area contributed by atoms with Gasteiger partial charge in [-0.2, -0.15) is 5.10 Å². The molecule has 0 aliphatic rings. The molecule has 0 fully saturated rings. The molecule has 1 unspecified atom stereocenters. The zero-order valence-corrected chi connectivity index (χ0v) is 15.3. The van der Waals surface area contributed by atoms with Crippen LogP contribution in [0.4, 0.5) is 4.79 Å². The fourth-order valence-corrected chi connectivity index (χ4v) is 3.09. The lowest BCUT2D eigenvalue weighted by Gasteiger charge is -2.22. The van der Waals surface area contributed by atoms with E-state index in [1.807, 2.05) is 56.4 Å². The van der Waals surface area contributed by atoms with Gasteiger partial charge in [-0.3, -0.25) is 4.68 Å².